The number of rotatable bonds is 4. The van der Waals surface area contributed by atoms with Crippen LogP contribution in [0.5, 0.6) is 5.75 Å². The van der Waals surface area contributed by atoms with Gasteiger partial charge in [0.25, 0.3) is 6.43 Å². The van der Waals surface area contributed by atoms with E-state index < -0.39 is 12.5 Å². The molecule has 0 aliphatic carbocycles. The van der Waals surface area contributed by atoms with Gasteiger partial charge in [-0.3, -0.25) is 0 Å². The van der Waals surface area contributed by atoms with Gasteiger partial charge >= 0.3 is 0 Å². The van der Waals surface area contributed by atoms with Gasteiger partial charge in [-0.15, -0.1) is 0 Å². The van der Waals surface area contributed by atoms with Crippen molar-refractivity contribution in [3.8, 4) is 5.75 Å². The molecule has 0 bridgehead atoms. The van der Waals surface area contributed by atoms with E-state index in [4.69, 9.17) is 14.4 Å². The summed E-state index contributed by atoms with van der Waals surface area (Å²) in [7, 11) is 0. The molecule has 0 saturated carbocycles. The van der Waals surface area contributed by atoms with Crippen molar-refractivity contribution in [3.63, 3.8) is 0 Å². The third-order valence-corrected chi connectivity index (χ3v) is 3.40. The third kappa shape index (κ3) is 3.02. The van der Waals surface area contributed by atoms with Crippen LogP contribution in [-0.4, -0.2) is 34.4 Å². The lowest BCUT2D eigenvalue weighted by Gasteiger charge is -2.22. The van der Waals surface area contributed by atoms with Gasteiger partial charge in [-0.2, -0.15) is 4.98 Å². The maximum Gasteiger partial charge on any atom is 0.264 e. The quantitative estimate of drug-likeness (QED) is 0.934. The van der Waals surface area contributed by atoms with E-state index in [0.29, 0.717) is 18.9 Å². The van der Waals surface area contributed by atoms with E-state index in [1.165, 1.54) is 0 Å². The summed E-state index contributed by atoms with van der Waals surface area (Å²) in [6, 6.07) is 7.68. The van der Waals surface area contributed by atoms with Gasteiger partial charge < -0.3 is 14.4 Å². The van der Waals surface area contributed by atoms with E-state index in [9.17, 15) is 8.78 Å². The van der Waals surface area contributed by atoms with Gasteiger partial charge in [0, 0.05) is 0 Å². The standard InChI is InChI=1S/C14H14F2N2O3/c15-13(16)10(19)6-12-17-14(18-21-12)9-5-8-3-1-2-4-11(8)20-7-9/h1-4,9-10,13,19H,5-7H2. The maximum atomic E-state index is 12.3. The number of aliphatic hydroxyl groups excluding tert-OH is 1. The molecule has 21 heavy (non-hydrogen) atoms. The Morgan fingerprint density at radius 2 is 2.14 bits per heavy atom. The fourth-order valence-corrected chi connectivity index (χ4v) is 2.28. The molecule has 7 heteroatoms. The fourth-order valence-electron chi connectivity index (χ4n) is 2.28. The van der Waals surface area contributed by atoms with E-state index in [1.807, 2.05) is 24.3 Å². The minimum Gasteiger partial charge on any atom is -0.493 e. The smallest absolute Gasteiger partial charge is 0.264 e. The number of hydrogen-bond donors (Lipinski definition) is 1. The van der Waals surface area contributed by atoms with Crippen molar-refractivity contribution in [2.24, 2.45) is 0 Å². The summed E-state index contributed by atoms with van der Waals surface area (Å²) in [5.41, 5.74) is 1.05. The number of hydrogen-bond acceptors (Lipinski definition) is 5. The van der Waals surface area contributed by atoms with Crippen molar-refractivity contribution >= 4 is 0 Å². The Labute approximate surface area is 119 Å². The van der Waals surface area contributed by atoms with Crippen molar-refractivity contribution < 1.29 is 23.1 Å². The zero-order valence-electron chi connectivity index (χ0n) is 11.1. The van der Waals surface area contributed by atoms with E-state index in [2.05, 4.69) is 10.1 Å². The Balaban J connectivity index is 1.70. The van der Waals surface area contributed by atoms with Crippen LogP contribution in [0.25, 0.3) is 0 Å². The van der Waals surface area contributed by atoms with Gasteiger partial charge in [0.1, 0.15) is 11.9 Å². The van der Waals surface area contributed by atoms with Crippen LogP contribution in [0.15, 0.2) is 28.8 Å². The van der Waals surface area contributed by atoms with Crippen LogP contribution in [0, 0.1) is 0 Å². The first-order chi connectivity index (χ1) is 10.1. The van der Waals surface area contributed by atoms with E-state index in [0.717, 1.165) is 11.3 Å². The Kier molecular flexibility index (Phi) is 3.83. The van der Waals surface area contributed by atoms with Crippen molar-refractivity contribution in [2.45, 2.75) is 31.3 Å². The number of nitrogens with zero attached hydrogens (tertiary/aromatic N) is 2. The van der Waals surface area contributed by atoms with Gasteiger partial charge in [-0.05, 0) is 18.1 Å². The first-order valence-corrected chi connectivity index (χ1v) is 6.63. The molecule has 3 rings (SSSR count). The topological polar surface area (TPSA) is 68.4 Å². The van der Waals surface area contributed by atoms with Gasteiger partial charge in [-0.25, -0.2) is 8.78 Å². The first-order valence-electron chi connectivity index (χ1n) is 6.63. The molecule has 5 nitrogen and oxygen atoms in total. The van der Waals surface area contributed by atoms with Crippen LogP contribution in [0.3, 0.4) is 0 Å². The zero-order valence-corrected chi connectivity index (χ0v) is 11.1. The summed E-state index contributed by atoms with van der Waals surface area (Å²) in [4.78, 5) is 4.08. The summed E-state index contributed by atoms with van der Waals surface area (Å²) in [6.45, 7) is 0.410. The Morgan fingerprint density at radius 1 is 1.33 bits per heavy atom. The minimum absolute atomic E-state index is 0.0108. The van der Waals surface area contributed by atoms with Crippen LogP contribution in [0.1, 0.15) is 23.2 Å². The first kappa shape index (κ1) is 13.9. The summed E-state index contributed by atoms with van der Waals surface area (Å²) in [6.07, 6.45) is -4.27. The largest absolute Gasteiger partial charge is 0.493 e. The molecular formula is C14H14F2N2O3. The van der Waals surface area contributed by atoms with Crippen LogP contribution in [0.2, 0.25) is 0 Å². The lowest BCUT2D eigenvalue weighted by atomic mass is 9.96. The highest BCUT2D eigenvalue weighted by atomic mass is 19.3. The van der Waals surface area contributed by atoms with Crippen molar-refractivity contribution in [2.75, 3.05) is 6.61 Å². The molecular weight excluding hydrogens is 282 g/mol. The van der Waals surface area contributed by atoms with Crippen LogP contribution >= 0.6 is 0 Å². The van der Waals surface area contributed by atoms with Crippen LogP contribution in [0.4, 0.5) is 8.78 Å². The zero-order chi connectivity index (χ0) is 14.8. The van der Waals surface area contributed by atoms with E-state index >= 15 is 0 Å². The average molecular weight is 296 g/mol. The van der Waals surface area contributed by atoms with Gasteiger partial charge in [-0.1, -0.05) is 23.4 Å². The van der Waals surface area contributed by atoms with E-state index in [1.54, 1.807) is 0 Å². The summed E-state index contributed by atoms with van der Waals surface area (Å²) >= 11 is 0. The molecule has 1 aliphatic heterocycles. The number of benzene rings is 1. The molecule has 112 valence electrons. The van der Waals surface area contributed by atoms with Crippen LogP contribution < -0.4 is 4.74 Å². The van der Waals surface area contributed by atoms with Crippen molar-refractivity contribution in [1.82, 2.24) is 10.1 Å². The van der Waals surface area contributed by atoms with Crippen molar-refractivity contribution in [3.05, 3.63) is 41.5 Å². The molecule has 2 aromatic rings. The number of para-hydroxylation sites is 1. The Morgan fingerprint density at radius 3 is 2.95 bits per heavy atom. The molecule has 0 spiro atoms. The SMILES string of the molecule is OC(Cc1nc(C2COc3ccccc3C2)no1)C(F)F. The molecule has 1 aromatic carbocycles. The number of halogens is 2. The van der Waals surface area contributed by atoms with Gasteiger partial charge in [0.2, 0.25) is 5.89 Å². The van der Waals surface area contributed by atoms with E-state index in [-0.39, 0.29) is 18.2 Å². The second-order valence-corrected chi connectivity index (χ2v) is 4.97. The average Bonchev–Trinajstić information content (AvgIpc) is 2.95. The molecule has 2 heterocycles. The summed E-state index contributed by atoms with van der Waals surface area (Å²) in [5, 5.41) is 12.9. The molecule has 0 radical (unpaired) electrons. The predicted octanol–water partition coefficient (Wildman–Crippen LogP) is 1.96. The van der Waals surface area contributed by atoms with Crippen LogP contribution in [-0.2, 0) is 12.8 Å². The molecule has 1 aromatic heterocycles. The highest BCUT2D eigenvalue weighted by molar-refractivity contribution is 5.36. The number of ether oxygens (including phenoxy) is 1. The number of aliphatic hydroxyl groups is 1. The Bertz CT molecular complexity index is 618. The second kappa shape index (κ2) is 5.77. The lowest BCUT2D eigenvalue weighted by Crippen LogP contribution is -2.21. The second-order valence-electron chi connectivity index (χ2n) is 4.97. The third-order valence-electron chi connectivity index (χ3n) is 3.40. The number of aromatic nitrogens is 2. The van der Waals surface area contributed by atoms with Gasteiger partial charge in [0.15, 0.2) is 5.82 Å². The molecule has 0 saturated heterocycles. The molecule has 0 fully saturated rings. The highest BCUT2D eigenvalue weighted by Crippen LogP contribution is 2.31. The predicted molar refractivity (Wildman–Crippen MR) is 68.4 cm³/mol. The number of alkyl halides is 2. The maximum absolute atomic E-state index is 12.3. The molecule has 0 amide bonds. The molecule has 1 aliphatic rings. The monoisotopic (exact) mass is 296 g/mol. The highest BCUT2D eigenvalue weighted by Gasteiger charge is 2.27. The fraction of sp³-hybridized carbons (Fsp3) is 0.429. The number of fused-ring (bicyclic) bond motifs is 1. The minimum atomic E-state index is -2.83. The van der Waals surface area contributed by atoms with Gasteiger partial charge in [0.05, 0.1) is 18.9 Å². The van der Waals surface area contributed by atoms with Crippen molar-refractivity contribution in [1.29, 1.82) is 0 Å². The lowest BCUT2D eigenvalue weighted by molar-refractivity contribution is -0.00754. The normalized spacial score (nSPS) is 19.1. The summed E-state index contributed by atoms with van der Waals surface area (Å²) < 4.78 is 35.1. The summed E-state index contributed by atoms with van der Waals surface area (Å²) in [5.74, 6) is 1.18. The molecule has 2 unspecified atom stereocenters. The Hall–Kier alpha value is -2.02. The molecule has 2 atom stereocenters. The molecule has 1 N–H and O–H groups in total.